The number of carbonyl (C=O) groups excluding carboxylic acids is 2. The zero-order valence-electron chi connectivity index (χ0n) is 20.1. The first-order valence-electron chi connectivity index (χ1n) is 11.9. The van der Waals surface area contributed by atoms with Crippen LogP contribution in [0.5, 0.6) is 0 Å². The minimum atomic E-state index is -1.00. The van der Waals surface area contributed by atoms with E-state index in [-0.39, 0.29) is 18.5 Å². The third kappa shape index (κ3) is 5.41. The third-order valence-electron chi connectivity index (χ3n) is 6.66. The number of hydrogen-bond acceptors (Lipinski definition) is 7. The average molecular weight is 473 g/mol. The number of rotatable bonds is 3. The van der Waals surface area contributed by atoms with Gasteiger partial charge in [-0.15, -0.1) is 0 Å². The Morgan fingerprint density at radius 2 is 1.91 bits per heavy atom. The maximum Gasteiger partial charge on any atom is 0.411 e. The Bertz CT molecular complexity index is 953. The zero-order chi connectivity index (χ0) is 24.5. The molecule has 3 saturated heterocycles. The van der Waals surface area contributed by atoms with Crippen molar-refractivity contribution in [2.45, 2.75) is 57.5 Å². The van der Waals surface area contributed by atoms with E-state index in [4.69, 9.17) is 10.00 Å². The summed E-state index contributed by atoms with van der Waals surface area (Å²) in [6, 6.07) is 5.00. The summed E-state index contributed by atoms with van der Waals surface area (Å²) < 4.78 is 19.4. The highest BCUT2D eigenvalue weighted by Crippen LogP contribution is 2.29. The van der Waals surface area contributed by atoms with Crippen LogP contribution < -0.4 is 4.90 Å². The Balaban J connectivity index is 1.43. The Labute approximate surface area is 200 Å². The number of hydrogen-bond donors (Lipinski definition) is 0. The van der Waals surface area contributed by atoms with Gasteiger partial charge in [0.2, 0.25) is 5.91 Å². The summed E-state index contributed by atoms with van der Waals surface area (Å²) >= 11 is 0. The van der Waals surface area contributed by atoms with Gasteiger partial charge in [0.25, 0.3) is 0 Å². The van der Waals surface area contributed by atoms with Crippen molar-refractivity contribution in [1.82, 2.24) is 19.7 Å². The molecule has 0 spiro atoms. The standard InChI is InChI=1S/C24H33FN6O3/c1-24(2,3)34-23(33)31-16-19(13-20(31)22(32)30-7-5-18(25)15-30)28-8-10-29(11-9-28)21-12-17(14-26)4-6-27-21/h4,6,12,18-20H,5,7-11,13,15-16H2,1-3H3/t18-,19-,20-/m0/s1. The van der Waals surface area contributed by atoms with Crippen LogP contribution in [0.15, 0.2) is 18.3 Å². The Morgan fingerprint density at radius 1 is 1.18 bits per heavy atom. The number of ether oxygens (including phenoxy) is 1. The van der Waals surface area contributed by atoms with Crippen LogP contribution in [-0.4, -0.2) is 101 Å². The predicted molar refractivity (Wildman–Crippen MR) is 124 cm³/mol. The summed E-state index contributed by atoms with van der Waals surface area (Å²) in [5.41, 5.74) is -0.0909. The molecule has 2 amide bonds. The molecule has 3 atom stereocenters. The number of anilines is 1. The Kier molecular flexibility index (Phi) is 6.94. The fourth-order valence-electron chi connectivity index (χ4n) is 4.94. The van der Waals surface area contributed by atoms with Crippen LogP contribution >= 0.6 is 0 Å². The van der Waals surface area contributed by atoms with Gasteiger partial charge in [0.1, 0.15) is 23.6 Å². The summed E-state index contributed by atoms with van der Waals surface area (Å²) in [7, 11) is 0. The van der Waals surface area contributed by atoms with Gasteiger partial charge in [-0.3, -0.25) is 14.6 Å². The molecule has 1 aromatic rings. The molecule has 0 unspecified atom stereocenters. The number of pyridine rings is 1. The summed E-state index contributed by atoms with van der Waals surface area (Å²) in [6.07, 6.45) is 0.996. The molecule has 3 aliphatic rings. The van der Waals surface area contributed by atoms with Gasteiger partial charge >= 0.3 is 6.09 Å². The van der Waals surface area contributed by atoms with Crippen molar-refractivity contribution < 1.29 is 18.7 Å². The smallest absolute Gasteiger partial charge is 0.411 e. The van der Waals surface area contributed by atoms with E-state index in [0.29, 0.717) is 31.5 Å². The highest BCUT2D eigenvalue weighted by Gasteiger charge is 2.46. The maximum absolute atomic E-state index is 13.8. The van der Waals surface area contributed by atoms with Gasteiger partial charge in [-0.05, 0) is 45.7 Å². The number of halogens is 1. The van der Waals surface area contributed by atoms with Crippen LogP contribution in [-0.2, 0) is 9.53 Å². The third-order valence-corrected chi connectivity index (χ3v) is 6.66. The van der Waals surface area contributed by atoms with Crippen molar-refractivity contribution >= 4 is 17.8 Å². The van der Waals surface area contributed by atoms with Gasteiger partial charge in [-0.1, -0.05) is 0 Å². The lowest BCUT2D eigenvalue weighted by atomic mass is 10.1. The lowest BCUT2D eigenvalue weighted by Gasteiger charge is -2.38. The normalized spacial score (nSPS) is 26.0. The van der Waals surface area contributed by atoms with E-state index in [1.165, 1.54) is 4.90 Å². The second-order valence-electron chi connectivity index (χ2n) is 10.2. The van der Waals surface area contributed by atoms with E-state index in [1.807, 2.05) is 0 Å². The zero-order valence-corrected chi connectivity index (χ0v) is 20.1. The molecule has 0 aliphatic carbocycles. The first kappa shape index (κ1) is 24.2. The highest BCUT2D eigenvalue weighted by atomic mass is 19.1. The van der Waals surface area contributed by atoms with E-state index >= 15 is 0 Å². The lowest BCUT2D eigenvalue weighted by molar-refractivity contribution is -0.135. The molecule has 4 rings (SSSR count). The van der Waals surface area contributed by atoms with Crippen molar-refractivity contribution in [3.63, 3.8) is 0 Å². The molecule has 0 saturated carbocycles. The molecule has 0 bridgehead atoms. The average Bonchev–Trinajstić information content (AvgIpc) is 3.45. The number of aromatic nitrogens is 1. The van der Waals surface area contributed by atoms with Crippen LogP contribution in [0, 0.1) is 11.3 Å². The molecule has 3 aliphatic heterocycles. The summed E-state index contributed by atoms with van der Waals surface area (Å²) in [4.78, 5) is 38.1. The fraction of sp³-hybridized carbons (Fsp3) is 0.667. The second-order valence-corrected chi connectivity index (χ2v) is 10.2. The summed E-state index contributed by atoms with van der Waals surface area (Å²) in [5, 5.41) is 9.15. The van der Waals surface area contributed by atoms with Gasteiger partial charge in [0, 0.05) is 51.5 Å². The van der Waals surface area contributed by atoms with E-state index in [9.17, 15) is 14.0 Å². The number of amides is 2. The molecule has 0 aromatic carbocycles. The monoisotopic (exact) mass is 472 g/mol. The second kappa shape index (κ2) is 9.74. The van der Waals surface area contributed by atoms with E-state index in [1.54, 1.807) is 44.0 Å². The summed E-state index contributed by atoms with van der Waals surface area (Å²) in [5.74, 6) is 0.591. The molecule has 3 fully saturated rings. The number of nitriles is 1. The van der Waals surface area contributed by atoms with Gasteiger partial charge in [-0.25, -0.2) is 14.2 Å². The quantitative estimate of drug-likeness (QED) is 0.665. The number of carbonyl (C=O) groups is 2. The van der Waals surface area contributed by atoms with Crippen LogP contribution in [0.3, 0.4) is 0 Å². The first-order valence-corrected chi connectivity index (χ1v) is 11.9. The van der Waals surface area contributed by atoms with E-state index in [2.05, 4.69) is 20.9 Å². The van der Waals surface area contributed by atoms with Crippen molar-refractivity contribution in [1.29, 1.82) is 5.26 Å². The lowest BCUT2D eigenvalue weighted by Crippen LogP contribution is -2.51. The minimum absolute atomic E-state index is 0.0193. The molecule has 184 valence electrons. The Morgan fingerprint density at radius 3 is 2.53 bits per heavy atom. The maximum atomic E-state index is 13.8. The van der Waals surface area contributed by atoms with Crippen LogP contribution in [0.4, 0.5) is 15.0 Å². The molecule has 10 heteroatoms. The van der Waals surface area contributed by atoms with Gasteiger partial charge in [0.15, 0.2) is 0 Å². The predicted octanol–water partition coefficient (Wildman–Crippen LogP) is 2.02. The molecule has 1 aromatic heterocycles. The van der Waals surface area contributed by atoms with E-state index in [0.717, 1.165) is 32.0 Å². The molecule has 9 nitrogen and oxygen atoms in total. The number of likely N-dealkylation sites (tertiary alicyclic amines) is 2. The van der Waals surface area contributed by atoms with Gasteiger partial charge in [-0.2, -0.15) is 5.26 Å². The first-order chi connectivity index (χ1) is 16.1. The highest BCUT2D eigenvalue weighted by molar-refractivity contribution is 5.86. The van der Waals surface area contributed by atoms with E-state index < -0.39 is 23.9 Å². The SMILES string of the molecule is CC(C)(C)OC(=O)N1C[C@@H](N2CCN(c3cc(C#N)ccn3)CC2)C[C@H]1C(=O)N1CC[C@H](F)C1. The largest absolute Gasteiger partial charge is 0.444 e. The topological polar surface area (TPSA) is 93.0 Å². The van der Waals surface area contributed by atoms with Crippen LogP contribution in [0.25, 0.3) is 0 Å². The van der Waals surface area contributed by atoms with Gasteiger partial charge < -0.3 is 14.5 Å². The van der Waals surface area contributed by atoms with Gasteiger partial charge in [0.05, 0.1) is 18.2 Å². The summed E-state index contributed by atoms with van der Waals surface area (Å²) in [6.45, 7) is 9.27. The molecule has 0 radical (unpaired) electrons. The van der Waals surface area contributed by atoms with Crippen LogP contribution in [0.2, 0.25) is 0 Å². The number of piperazine rings is 1. The molecule has 0 N–H and O–H groups in total. The van der Waals surface area contributed by atoms with Crippen molar-refractivity contribution in [2.24, 2.45) is 0 Å². The molecule has 34 heavy (non-hydrogen) atoms. The van der Waals surface area contributed by atoms with Crippen molar-refractivity contribution in [3.05, 3.63) is 23.9 Å². The number of nitrogens with zero attached hydrogens (tertiary/aromatic N) is 6. The van der Waals surface area contributed by atoms with Crippen LogP contribution in [0.1, 0.15) is 39.2 Å². The molecular weight excluding hydrogens is 439 g/mol. The minimum Gasteiger partial charge on any atom is -0.444 e. The van der Waals surface area contributed by atoms with Crippen molar-refractivity contribution in [2.75, 3.05) is 50.7 Å². The number of alkyl halides is 1. The Hall–Kier alpha value is -2.93. The fourth-order valence-corrected chi connectivity index (χ4v) is 4.94. The molecule has 4 heterocycles. The van der Waals surface area contributed by atoms with Crippen molar-refractivity contribution in [3.8, 4) is 6.07 Å². The molecular formula is C24H33FN6O3.